The van der Waals surface area contributed by atoms with E-state index in [-0.39, 0.29) is 6.42 Å². The van der Waals surface area contributed by atoms with E-state index < -0.39 is 5.97 Å². The van der Waals surface area contributed by atoms with Crippen LogP contribution in [-0.4, -0.2) is 16.1 Å². The average molecular weight is 282 g/mol. The minimum absolute atomic E-state index is 0.0579. The minimum Gasteiger partial charge on any atom is -0.481 e. The maximum absolute atomic E-state index is 10.7. The first kappa shape index (κ1) is 12.9. The molecule has 92 valence electrons. The molecule has 0 bridgehead atoms. The monoisotopic (exact) mass is 281 g/mol. The molecule has 0 atom stereocenters. The van der Waals surface area contributed by atoms with Gasteiger partial charge >= 0.3 is 5.97 Å². The molecule has 2 aromatic rings. The Morgan fingerprint density at radius 2 is 1.89 bits per heavy atom. The first-order valence-electron chi connectivity index (χ1n) is 5.19. The van der Waals surface area contributed by atoms with Crippen LogP contribution in [-0.2, 0) is 11.2 Å². The molecule has 0 saturated carbocycles. The molecule has 1 aromatic heterocycles. The van der Waals surface area contributed by atoms with Gasteiger partial charge in [0.15, 0.2) is 0 Å². The molecule has 2 rings (SSSR count). The predicted molar refractivity (Wildman–Crippen MR) is 71.0 cm³/mol. The Balaban J connectivity index is 2.48. The lowest BCUT2D eigenvalue weighted by atomic mass is 10.1. The minimum atomic E-state index is -0.891. The van der Waals surface area contributed by atoms with Gasteiger partial charge in [0, 0.05) is 11.8 Å². The number of hydrogen-bond donors (Lipinski definition) is 1. The van der Waals surface area contributed by atoms with Crippen molar-refractivity contribution in [2.75, 3.05) is 0 Å². The van der Waals surface area contributed by atoms with Crippen LogP contribution in [0.5, 0.6) is 0 Å². The highest BCUT2D eigenvalue weighted by Crippen LogP contribution is 2.33. The molecular weight excluding hydrogens is 273 g/mol. The van der Waals surface area contributed by atoms with Crippen molar-refractivity contribution in [2.24, 2.45) is 0 Å². The maximum atomic E-state index is 10.7. The summed E-state index contributed by atoms with van der Waals surface area (Å²) < 4.78 is 0. The molecule has 0 amide bonds. The molecule has 1 aromatic carbocycles. The third kappa shape index (κ3) is 2.81. The number of aromatic nitrogens is 1. The first-order chi connectivity index (χ1) is 8.58. The van der Waals surface area contributed by atoms with E-state index in [9.17, 15) is 4.79 Å². The fourth-order valence-corrected chi connectivity index (χ4v) is 2.23. The highest BCUT2D eigenvalue weighted by molar-refractivity contribution is 6.39. The van der Waals surface area contributed by atoms with Gasteiger partial charge in [-0.05, 0) is 29.8 Å². The molecule has 0 aliphatic carbocycles. The van der Waals surface area contributed by atoms with Crippen molar-refractivity contribution >= 4 is 29.2 Å². The molecule has 1 heterocycles. The van der Waals surface area contributed by atoms with Gasteiger partial charge in [0.1, 0.15) is 0 Å². The smallest absolute Gasteiger partial charge is 0.307 e. The van der Waals surface area contributed by atoms with Crippen LogP contribution < -0.4 is 0 Å². The van der Waals surface area contributed by atoms with E-state index in [1.54, 1.807) is 36.5 Å². The molecule has 1 N–H and O–H groups in total. The van der Waals surface area contributed by atoms with E-state index in [0.29, 0.717) is 26.9 Å². The van der Waals surface area contributed by atoms with E-state index in [4.69, 9.17) is 28.3 Å². The number of rotatable bonds is 3. The summed E-state index contributed by atoms with van der Waals surface area (Å²) in [6, 6.07) is 8.52. The third-order valence-corrected chi connectivity index (χ3v) is 3.03. The van der Waals surface area contributed by atoms with Gasteiger partial charge in [-0.15, -0.1) is 0 Å². The summed E-state index contributed by atoms with van der Waals surface area (Å²) in [4.78, 5) is 14.9. The molecule has 0 radical (unpaired) electrons. The first-order valence-corrected chi connectivity index (χ1v) is 5.94. The van der Waals surface area contributed by atoms with Gasteiger partial charge < -0.3 is 5.11 Å². The largest absolute Gasteiger partial charge is 0.481 e. The van der Waals surface area contributed by atoms with E-state index in [1.165, 1.54) is 0 Å². The zero-order chi connectivity index (χ0) is 13.1. The number of carboxylic acids is 1. The molecule has 18 heavy (non-hydrogen) atoms. The Labute approximate surface area is 114 Å². The van der Waals surface area contributed by atoms with Crippen LogP contribution in [0.2, 0.25) is 10.0 Å². The number of aliphatic carboxylic acids is 1. The molecule has 3 nitrogen and oxygen atoms in total. The van der Waals surface area contributed by atoms with Gasteiger partial charge in [0.05, 0.1) is 22.2 Å². The molecule has 0 saturated heterocycles. The van der Waals surface area contributed by atoms with Crippen LogP contribution in [0.3, 0.4) is 0 Å². The van der Waals surface area contributed by atoms with Crippen LogP contribution in [0.4, 0.5) is 0 Å². The van der Waals surface area contributed by atoms with Gasteiger partial charge in [-0.25, -0.2) is 0 Å². The lowest BCUT2D eigenvalue weighted by Crippen LogP contribution is -2.00. The molecule has 0 fully saturated rings. The van der Waals surface area contributed by atoms with E-state index in [2.05, 4.69) is 4.98 Å². The summed E-state index contributed by atoms with van der Waals surface area (Å²) in [5.41, 5.74) is 1.85. The van der Waals surface area contributed by atoms with Crippen LogP contribution >= 0.6 is 23.2 Å². The highest BCUT2D eigenvalue weighted by Gasteiger charge is 2.10. The average Bonchev–Trinajstić information content (AvgIpc) is 2.28. The standard InChI is InChI=1S/C13H9Cl2NO2/c14-9-2-1-3-10(15)13(9)11-6-8(4-5-16-11)7-12(17)18/h1-6H,7H2,(H,17,18). The van der Waals surface area contributed by atoms with Crippen molar-refractivity contribution < 1.29 is 9.90 Å². The summed E-state index contributed by atoms with van der Waals surface area (Å²) >= 11 is 12.2. The van der Waals surface area contributed by atoms with Crippen molar-refractivity contribution in [1.29, 1.82) is 0 Å². The van der Waals surface area contributed by atoms with Crippen molar-refractivity contribution in [3.05, 3.63) is 52.1 Å². The Hall–Kier alpha value is -1.58. The molecule has 0 aliphatic heterocycles. The lowest BCUT2D eigenvalue weighted by molar-refractivity contribution is -0.136. The Kier molecular flexibility index (Phi) is 3.84. The Bertz CT molecular complexity index is 579. The predicted octanol–water partition coefficient (Wildman–Crippen LogP) is 3.68. The van der Waals surface area contributed by atoms with Gasteiger partial charge in [-0.1, -0.05) is 29.3 Å². The second kappa shape index (κ2) is 5.38. The molecule has 5 heteroatoms. The second-order valence-corrected chi connectivity index (χ2v) is 4.53. The lowest BCUT2D eigenvalue weighted by Gasteiger charge is -2.07. The van der Waals surface area contributed by atoms with Crippen molar-refractivity contribution in [2.45, 2.75) is 6.42 Å². The zero-order valence-corrected chi connectivity index (χ0v) is 10.7. The topological polar surface area (TPSA) is 50.2 Å². The van der Waals surface area contributed by atoms with Crippen LogP contribution in [0.15, 0.2) is 36.5 Å². The number of carbonyl (C=O) groups is 1. The summed E-state index contributed by atoms with van der Waals surface area (Å²) in [6.45, 7) is 0. The number of nitrogens with zero attached hydrogens (tertiary/aromatic N) is 1. The van der Waals surface area contributed by atoms with E-state index in [1.807, 2.05) is 0 Å². The van der Waals surface area contributed by atoms with Crippen molar-refractivity contribution in [3.63, 3.8) is 0 Å². The van der Waals surface area contributed by atoms with Gasteiger partial charge in [0.2, 0.25) is 0 Å². The molecule has 0 spiro atoms. The number of pyridine rings is 1. The van der Waals surface area contributed by atoms with Crippen molar-refractivity contribution in [1.82, 2.24) is 4.98 Å². The fourth-order valence-electron chi connectivity index (χ4n) is 1.64. The number of hydrogen-bond acceptors (Lipinski definition) is 2. The molecule has 0 unspecified atom stereocenters. The fraction of sp³-hybridized carbons (Fsp3) is 0.0769. The summed E-state index contributed by atoms with van der Waals surface area (Å²) in [7, 11) is 0. The highest BCUT2D eigenvalue weighted by atomic mass is 35.5. The second-order valence-electron chi connectivity index (χ2n) is 3.72. The molecular formula is C13H9Cl2NO2. The van der Waals surface area contributed by atoms with E-state index >= 15 is 0 Å². The van der Waals surface area contributed by atoms with Gasteiger partial charge in [0.25, 0.3) is 0 Å². The summed E-state index contributed by atoms with van der Waals surface area (Å²) in [5, 5.41) is 9.74. The Morgan fingerprint density at radius 1 is 1.22 bits per heavy atom. The van der Waals surface area contributed by atoms with Gasteiger partial charge in [-0.3, -0.25) is 9.78 Å². The quantitative estimate of drug-likeness (QED) is 0.934. The third-order valence-electron chi connectivity index (χ3n) is 2.40. The normalized spacial score (nSPS) is 10.3. The maximum Gasteiger partial charge on any atom is 0.307 e. The number of benzene rings is 1. The summed E-state index contributed by atoms with van der Waals surface area (Å²) in [6.07, 6.45) is 1.49. The molecule has 0 aliphatic rings. The van der Waals surface area contributed by atoms with Crippen LogP contribution in [0, 0.1) is 0 Å². The van der Waals surface area contributed by atoms with Gasteiger partial charge in [-0.2, -0.15) is 0 Å². The summed E-state index contributed by atoms with van der Waals surface area (Å²) in [5.74, 6) is -0.891. The van der Waals surface area contributed by atoms with Crippen LogP contribution in [0.25, 0.3) is 11.3 Å². The Morgan fingerprint density at radius 3 is 2.50 bits per heavy atom. The van der Waals surface area contributed by atoms with Crippen molar-refractivity contribution in [3.8, 4) is 11.3 Å². The number of carboxylic acid groups (broad SMARTS) is 1. The van der Waals surface area contributed by atoms with E-state index in [0.717, 1.165) is 0 Å². The SMILES string of the molecule is O=C(O)Cc1ccnc(-c2c(Cl)cccc2Cl)c1. The number of halogens is 2. The zero-order valence-electron chi connectivity index (χ0n) is 9.23. The van der Waals surface area contributed by atoms with Crippen LogP contribution in [0.1, 0.15) is 5.56 Å².